The summed E-state index contributed by atoms with van der Waals surface area (Å²) in [5.41, 5.74) is 3.94. The van der Waals surface area contributed by atoms with Crippen molar-refractivity contribution in [1.29, 1.82) is 0 Å². The van der Waals surface area contributed by atoms with E-state index in [1.807, 2.05) is 35.7 Å². The quantitative estimate of drug-likeness (QED) is 0.754. The first kappa shape index (κ1) is 17.9. The summed E-state index contributed by atoms with van der Waals surface area (Å²) in [7, 11) is 2.19. The number of aryl methyl sites for hydroxylation is 1. The third kappa shape index (κ3) is 3.96. The van der Waals surface area contributed by atoms with Crippen molar-refractivity contribution in [2.24, 2.45) is 0 Å². The fraction of sp³-hybridized carbons (Fsp3) is 0.429. The zero-order chi connectivity index (χ0) is 18.8. The van der Waals surface area contributed by atoms with Gasteiger partial charge in [-0.3, -0.25) is 4.90 Å². The summed E-state index contributed by atoms with van der Waals surface area (Å²) in [4.78, 5) is 9.74. The second-order valence-corrected chi connectivity index (χ2v) is 7.52. The first-order valence-corrected chi connectivity index (χ1v) is 9.69. The summed E-state index contributed by atoms with van der Waals surface area (Å²) >= 11 is 0. The molecule has 4 rings (SSSR count). The molecule has 27 heavy (non-hydrogen) atoms. The Morgan fingerprint density at radius 3 is 2.56 bits per heavy atom. The highest BCUT2D eigenvalue weighted by Gasteiger charge is 2.19. The second-order valence-electron chi connectivity index (χ2n) is 7.52. The monoisotopic (exact) mass is 364 g/mol. The smallest absolute Gasteiger partial charge is 0.158 e. The van der Waals surface area contributed by atoms with Crippen LogP contribution in [0.3, 0.4) is 0 Å². The highest BCUT2D eigenvalue weighted by molar-refractivity contribution is 5.66. The standard InChI is InChI=1S/C21H28N6/c1-16-13-21-23-19(18-7-5-4-6-8-18)14-20(27(21)24-16)22-15-17(2)26-11-9-25(3)10-12-26/h4-8,13-14,17,22H,9-12,15H2,1-3H3/t17-/m1/s1. The molecular formula is C21H28N6. The van der Waals surface area contributed by atoms with Crippen LogP contribution in [-0.2, 0) is 0 Å². The summed E-state index contributed by atoms with van der Waals surface area (Å²) in [5, 5.41) is 8.24. The van der Waals surface area contributed by atoms with E-state index in [-0.39, 0.29) is 0 Å². The van der Waals surface area contributed by atoms with Crippen molar-refractivity contribution in [3.05, 3.63) is 48.2 Å². The molecule has 0 spiro atoms. The van der Waals surface area contributed by atoms with E-state index in [1.54, 1.807) is 0 Å². The van der Waals surface area contributed by atoms with Crippen molar-refractivity contribution < 1.29 is 0 Å². The van der Waals surface area contributed by atoms with E-state index in [0.717, 1.165) is 61.1 Å². The third-order valence-corrected chi connectivity index (χ3v) is 5.36. The van der Waals surface area contributed by atoms with Crippen LogP contribution >= 0.6 is 0 Å². The maximum absolute atomic E-state index is 4.80. The van der Waals surface area contributed by atoms with Gasteiger partial charge in [-0.25, -0.2) is 4.98 Å². The van der Waals surface area contributed by atoms with Gasteiger partial charge >= 0.3 is 0 Å². The van der Waals surface area contributed by atoms with Gasteiger partial charge in [0.2, 0.25) is 0 Å². The number of benzene rings is 1. The van der Waals surface area contributed by atoms with Crippen LogP contribution in [0.1, 0.15) is 12.6 Å². The van der Waals surface area contributed by atoms with Crippen LogP contribution in [0.2, 0.25) is 0 Å². The SMILES string of the molecule is Cc1cc2nc(-c3ccccc3)cc(NC[C@@H](C)N3CCN(C)CC3)n2n1. The van der Waals surface area contributed by atoms with E-state index in [1.165, 1.54) is 0 Å². The van der Waals surface area contributed by atoms with Gasteiger partial charge in [-0.1, -0.05) is 30.3 Å². The molecule has 0 radical (unpaired) electrons. The van der Waals surface area contributed by atoms with Gasteiger partial charge in [-0.2, -0.15) is 9.61 Å². The summed E-state index contributed by atoms with van der Waals surface area (Å²) in [6, 6.07) is 14.9. The summed E-state index contributed by atoms with van der Waals surface area (Å²) in [5.74, 6) is 0.993. The average Bonchev–Trinajstić information content (AvgIpc) is 3.07. The number of piperazine rings is 1. The van der Waals surface area contributed by atoms with Crippen LogP contribution in [0.5, 0.6) is 0 Å². The average molecular weight is 364 g/mol. The number of hydrogen-bond donors (Lipinski definition) is 1. The number of anilines is 1. The third-order valence-electron chi connectivity index (χ3n) is 5.36. The van der Waals surface area contributed by atoms with Crippen molar-refractivity contribution in [3.63, 3.8) is 0 Å². The number of nitrogens with one attached hydrogen (secondary N) is 1. The van der Waals surface area contributed by atoms with Crippen LogP contribution in [0.25, 0.3) is 16.9 Å². The van der Waals surface area contributed by atoms with E-state index in [9.17, 15) is 0 Å². The van der Waals surface area contributed by atoms with Gasteiger partial charge in [0.05, 0.1) is 11.4 Å². The molecule has 1 N–H and O–H groups in total. The van der Waals surface area contributed by atoms with Crippen LogP contribution < -0.4 is 5.32 Å². The van der Waals surface area contributed by atoms with E-state index in [2.05, 4.69) is 52.4 Å². The lowest BCUT2D eigenvalue weighted by molar-refractivity contribution is 0.123. The molecule has 0 unspecified atom stereocenters. The minimum atomic E-state index is 0.471. The number of hydrogen-bond acceptors (Lipinski definition) is 5. The van der Waals surface area contributed by atoms with E-state index >= 15 is 0 Å². The maximum atomic E-state index is 4.80. The first-order chi connectivity index (χ1) is 13.1. The number of fused-ring (bicyclic) bond motifs is 1. The molecule has 1 aliphatic heterocycles. The molecule has 2 aromatic heterocycles. The van der Waals surface area contributed by atoms with Crippen molar-refractivity contribution in [2.45, 2.75) is 19.9 Å². The van der Waals surface area contributed by atoms with Gasteiger partial charge < -0.3 is 10.2 Å². The molecule has 0 saturated carbocycles. The molecular weight excluding hydrogens is 336 g/mol. The Kier molecular flexibility index (Phi) is 5.09. The number of nitrogens with zero attached hydrogens (tertiary/aromatic N) is 5. The van der Waals surface area contributed by atoms with Gasteiger partial charge in [-0.15, -0.1) is 0 Å². The zero-order valence-corrected chi connectivity index (χ0v) is 16.4. The minimum Gasteiger partial charge on any atom is -0.368 e. The molecule has 0 amide bonds. The second kappa shape index (κ2) is 7.66. The van der Waals surface area contributed by atoms with Gasteiger partial charge in [-0.05, 0) is 20.9 Å². The number of aromatic nitrogens is 3. The Hall–Kier alpha value is -2.44. The molecule has 1 aromatic carbocycles. The normalized spacial score (nSPS) is 17.3. The van der Waals surface area contributed by atoms with Crippen molar-refractivity contribution in [3.8, 4) is 11.3 Å². The molecule has 3 aromatic rings. The number of likely N-dealkylation sites (N-methyl/N-ethyl adjacent to an activating group) is 1. The van der Waals surface area contributed by atoms with E-state index < -0.39 is 0 Å². The molecule has 142 valence electrons. The molecule has 6 heteroatoms. The molecule has 1 atom stereocenters. The Bertz CT molecular complexity index is 896. The molecule has 1 saturated heterocycles. The van der Waals surface area contributed by atoms with Crippen molar-refractivity contribution in [2.75, 3.05) is 45.1 Å². The topological polar surface area (TPSA) is 48.7 Å². The summed E-state index contributed by atoms with van der Waals surface area (Å²) in [6.07, 6.45) is 0. The predicted molar refractivity (Wildman–Crippen MR) is 110 cm³/mol. The van der Waals surface area contributed by atoms with Crippen LogP contribution in [0, 0.1) is 6.92 Å². The molecule has 0 aliphatic carbocycles. The van der Waals surface area contributed by atoms with Gasteiger partial charge in [0.25, 0.3) is 0 Å². The maximum Gasteiger partial charge on any atom is 0.158 e. The molecule has 0 bridgehead atoms. The number of rotatable bonds is 5. The largest absolute Gasteiger partial charge is 0.368 e. The lowest BCUT2D eigenvalue weighted by Crippen LogP contribution is -2.50. The minimum absolute atomic E-state index is 0.471. The molecule has 6 nitrogen and oxygen atoms in total. The summed E-state index contributed by atoms with van der Waals surface area (Å²) in [6.45, 7) is 9.72. The lowest BCUT2D eigenvalue weighted by atomic mass is 10.1. The van der Waals surface area contributed by atoms with Crippen LogP contribution in [0.15, 0.2) is 42.5 Å². The highest BCUT2D eigenvalue weighted by atomic mass is 15.3. The van der Waals surface area contributed by atoms with E-state index in [0.29, 0.717) is 6.04 Å². The van der Waals surface area contributed by atoms with Gasteiger partial charge in [0.15, 0.2) is 5.65 Å². The summed E-state index contributed by atoms with van der Waals surface area (Å²) < 4.78 is 1.92. The van der Waals surface area contributed by atoms with E-state index in [4.69, 9.17) is 4.98 Å². The predicted octanol–water partition coefficient (Wildman–Crippen LogP) is 2.75. The lowest BCUT2D eigenvalue weighted by Gasteiger charge is -2.36. The Morgan fingerprint density at radius 2 is 1.81 bits per heavy atom. The Balaban J connectivity index is 1.57. The Labute approximate surface area is 160 Å². The molecule has 1 aliphatic rings. The zero-order valence-electron chi connectivity index (χ0n) is 16.4. The van der Waals surface area contributed by atoms with Crippen molar-refractivity contribution >= 4 is 11.5 Å². The fourth-order valence-electron chi connectivity index (χ4n) is 3.62. The van der Waals surface area contributed by atoms with Crippen molar-refractivity contribution in [1.82, 2.24) is 24.4 Å². The van der Waals surface area contributed by atoms with Gasteiger partial charge in [0.1, 0.15) is 5.82 Å². The fourth-order valence-corrected chi connectivity index (χ4v) is 3.62. The molecule has 1 fully saturated rings. The first-order valence-electron chi connectivity index (χ1n) is 9.69. The van der Waals surface area contributed by atoms with Crippen LogP contribution in [0.4, 0.5) is 5.82 Å². The van der Waals surface area contributed by atoms with Crippen LogP contribution in [-0.4, -0.2) is 70.2 Å². The van der Waals surface area contributed by atoms with Gasteiger partial charge in [0, 0.05) is 56.5 Å². The highest BCUT2D eigenvalue weighted by Crippen LogP contribution is 2.22. The molecule has 3 heterocycles. The Morgan fingerprint density at radius 1 is 1.07 bits per heavy atom.